The SMILES string of the molecule is O=C(c1ccc(F)cc1F)N(CCc1cccs1)Cc1ccoc1. The van der Waals surface area contributed by atoms with Gasteiger partial charge in [-0.2, -0.15) is 0 Å². The highest BCUT2D eigenvalue weighted by atomic mass is 32.1. The van der Waals surface area contributed by atoms with Gasteiger partial charge >= 0.3 is 0 Å². The largest absolute Gasteiger partial charge is 0.472 e. The minimum absolute atomic E-state index is 0.133. The van der Waals surface area contributed by atoms with Crippen molar-refractivity contribution >= 4 is 17.2 Å². The van der Waals surface area contributed by atoms with Crippen molar-refractivity contribution in [3.8, 4) is 0 Å². The fourth-order valence-corrected chi connectivity index (χ4v) is 3.09. The number of nitrogens with zero attached hydrogens (tertiary/aromatic N) is 1. The summed E-state index contributed by atoms with van der Waals surface area (Å²) < 4.78 is 32.1. The van der Waals surface area contributed by atoms with E-state index in [1.54, 1.807) is 28.6 Å². The predicted octanol–water partition coefficient (Wildman–Crippen LogP) is 4.50. The standard InChI is InChI=1S/C18H15F2NO2S/c19-14-3-4-16(17(20)10-14)18(22)21(11-13-6-8-23-12-13)7-5-15-2-1-9-24-15/h1-4,6,8-10,12H,5,7,11H2. The van der Waals surface area contributed by atoms with Gasteiger partial charge in [-0.05, 0) is 36.1 Å². The van der Waals surface area contributed by atoms with Crippen molar-refractivity contribution in [1.82, 2.24) is 4.90 Å². The van der Waals surface area contributed by atoms with Crippen LogP contribution in [0.1, 0.15) is 20.8 Å². The molecule has 0 N–H and O–H groups in total. The third-order valence-corrected chi connectivity index (χ3v) is 4.55. The van der Waals surface area contributed by atoms with Crippen LogP contribution in [0.4, 0.5) is 8.78 Å². The maximum atomic E-state index is 13.9. The van der Waals surface area contributed by atoms with Gasteiger partial charge in [-0.15, -0.1) is 11.3 Å². The predicted molar refractivity (Wildman–Crippen MR) is 87.8 cm³/mol. The molecule has 0 saturated heterocycles. The number of hydrogen-bond donors (Lipinski definition) is 0. The minimum Gasteiger partial charge on any atom is -0.472 e. The number of carbonyl (C=O) groups excluding carboxylic acids is 1. The quantitative estimate of drug-likeness (QED) is 0.658. The van der Waals surface area contributed by atoms with Gasteiger partial charge in [0, 0.05) is 29.6 Å². The molecule has 0 bridgehead atoms. The van der Waals surface area contributed by atoms with Crippen LogP contribution in [0, 0.1) is 11.6 Å². The summed E-state index contributed by atoms with van der Waals surface area (Å²) in [5.74, 6) is -2.03. The smallest absolute Gasteiger partial charge is 0.257 e. The Morgan fingerprint density at radius 2 is 2.08 bits per heavy atom. The average Bonchev–Trinajstić information content (AvgIpc) is 3.24. The number of carbonyl (C=O) groups is 1. The van der Waals surface area contributed by atoms with Crippen LogP contribution in [0.25, 0.3) is 0 Å². The minimum atomic E-state index is -0.853. The molecule has 1 aromatic carbocycles. The lowest BCUT2D eigenvalue weighted by molar-refractivity contribution is 0.0740. The molecule has 0 aliphatic heterocycles. The molecular weight excluding hydrogens is 332 g/mol. The molecule has 0 spiro atoms. The molecule has 3 rings (SSSR count). The van der Waals surface area contributed by atoms with Crippen molar-refractivity contribution in [1.29, 1.82) is 0 Å². The number of rotatable bonds is 6. The zero-order valence-corrected chi connectivity index (χ0v) is 13.6. The summed E-state index contributed by atoms with van der Waals surface area (Å²) in [6, 6.07) is 8.69. The van der Waals surface area contributed by atoms with E-state index in [-0.39, 0.29) is 5.56 Å². The van der Waals surface area contributed by atoms with Gasteiger partial charge in [0.25, 0.3) is 5.91 Å². The Kier molecular flexibility index (Phi) is 5.05. The van der Waals surface area contributed by atoms with Gasteiger partial charge in [-0.1, -0.05) is 6.07 Å². The number of thiophene rings is 1. The fraction of sp³-hybridized carbons (Fsp3) is 0.167. The van der Waals surface area contributed by atoms with E-state index in [0.29, 0.717) is 19.5 Å². The molecule has 3 aromatic rings. The van der Waals surface area contributed by atoms with Crippen molar-refractivity contribution in [2.45, 2.75) is 13.0 Å². The number of amides is 1. The first-order valence-corrected chi connectivity index (χ1v) is 8.29. The molecule has 1 amide bonds. The lowest BCUT2D eigenvalue weighted by atomic mass is 10.1. The second kappa shape index (κ2) is 7.40. The third-order valence-electron chi connectivity index (χ3n) is 3.61. The van der Waals surface area contributed by atoms with E-state index >= 15 is 0 Å². The highest BCUT2D eigenvalue weighted by molar-refractivity contribution is 7.09. The number of benzene rings is 1. The van der Waals surface area contributed by atoms with E-state index in [0.717, 1.165) is 22.6 Å². The molecule has 0 unspecified atom stereocenters. The van der Waals surface area contributed by atoms with E-state index in [2.05, 4.69) is 0 Å². The maximum absolute atomic E-state index is 13.9. The third kappa shape index (κ3) is 3.89. The summed E-state index contributed by atoms with van der Waals surface area (Å²) in [5, 5.41) is 1.97. The Balaban J connectivity index is 1.80. The van der Waals surface area contributed by atoms with Crippen LogP contribution < -0.4 is 0 Å². The van der Waals surface area contributed by atoms with Crippen LogP contribution in [0.2, 0.25) is 0 Å². The lowest BCUT2D eigenvalue weighted by Crippen LogP contribution is -2.33. The van der Waals surface area contributed by atoms with Crippen LogP contribution in [-0.4, -0.2) is 17.4 Å². The summed E-state index contributed by atoms with van der Waals surface area (Å²) in [6.45, 7) is 0.735. The first-order valence-electron chi connectivity index (χ1n) is 7.41. The zero-order valence-electron chi connectivity index (χ0n) is 12.7. The van der Waals surface area contributed by atoms with E-state index in [1.165, 1.54) is 12.3 Å². The molecule has 124 valence electrons. The molecule has 2 aromatic heterocycles. The van der Waals surface area contributed by atoms with Gasteiger partial charge in [0.05, 0.1) is 18.1 Å². The summed E-state index contributed by atoms with van der Waals surface area (Å²) in [7, 11) is 0. The highest BCUT2D eigenvalue weighted by Crippen LogP contribution is 2.17. The Morgan fingerprint density at radius 3 is 2.75 bits per heavy atom. The van der Waals surface area contributed by atoms with Crippen molar-refractivity contribution in [3.63, 3.8) is 0 Å². The summed E-state index contributed by atoms with van der Waals surface area (Å²) in [6.07, 6.45) is 3.74. The second-order valence-electron chi connectivity index (χ2n) is 5.31. The molecular formula is C18H15F2NO2S. The van der Waals surface area contributed by atoms with E-state index in [1.807, 2.05) is 17.5 Å². The molecule has 3 nitrogen and oxygen atoms in total. The van der Waals surface area contributed by atoms with Crippen LogP contribution in [0.5, 0.6) is 0 Å². The zero-order chi connectivity index (χ0) is 16.9. The molecule has 0 saturated carbocycles. The van der Waals surface area contributed by atoms with Crippen LogP contribution in [0.15, 0.2) is 58.7 Å². The van der Waals surface area contributed by atoms with E-state index in [4.69, 9.17) is 4.42 Å². The first-order chi connectivity index (χ1) is 11.6. The molecule has 0 fully saturated rings. The molecule has 24 heavy (non-hydrogen) atoms. The van der Waals surface area contributed by atoms with Gasteiger partial charge < -0.3 is 9.32 Å². The summed E-state index contributed by atoms with van der Waals surface area (Å²) in [4.78, 5) is 15.4. The highest BCUT2D eigenvalue weighted by Gasteiger charge is 2.20. The number of hydrogen-bond acceptors (Lipinski definition) is 3. The van der Waals surface area contributed by atoms with E-state index in [9.17, 15) is 13.6 Å². The topological polar surface area (TPSA) is 33.5 Å². The Labute approximate surface area is 142 Å². The lowest BCUT2D eigenvalue weighted by Gasteiger charge is -2.22. The molecule has 6 heteroatoms. The average molecular weight is 347 g/mol. The second-order valence-corrected chi connectivity index (χ2v) is 6.34. The Morgan fingerprint density at radius 1 is 1.21 bits per heavy atom. The molecule has 0 radical (unpaired) electrons. The van der Waals surface area contributed by atoms with Gasteiger partial charge in [0.15, 0.2) is 0 Å². The number of halogens is 2. The number of furan rings is 1. The van der Waals surface area contributed by atoms with Crippen LogP contribution in [-0.2, 0) is 13.0 Å². The van der Waals surface area contributed by atoms with Crippen molar-refractivity contribution < 1.29 is 18.0 Å². The molecule has 2 heterocycles. The van der Waals surface area contributed by atoms with E-state index < -0.39 is 17.5 Å². The van der Waals surface area contributed by atoms with Gasteiger partial charge in [0.2, 0.25) is 0 Å². The maximum Gasteiger partial charge on any atom is 0.257 e. The van der Waals surface area contributed by atoms with Gasteiger partial charge in [0.1, 0.15) is 11.6 Å². The van der Waals surface area contributed by atoms with Crippen molar-refractivity contribution in [3.05, 3.63) is 81.9 Å². The first kappa shape index (κ1) is 16.4. The van der Waals surface area contributed by atoms with Crippen molar-refractivity contribution in [2.75, 3.05) is 6.54 Å². The van der Waals surface area contributed by atoms with Gasteiger partial charge in [-0.25, -0.2) is 8.78 Å². The normalized spacial score (nSPS) is 10.8. The van der Waals surface area contributed by atoms with Crippen molar-refractivity contribution in [2.24, 2.45) is 0 Å². The van der Waals surface area contributed by atoms with Crippen LogP contribution in [0.3, 0.4) is 0 Å². The summed E-state index contributed by atoms with van der Waals surface area (Å²) >= 11 is 1.61. The fourth-order valence-electron chi connectivity index (χ4n) is 2.39. The van der Waals surface area contributed by atoms with Crippen LogP contribution >= 0.6 is 11.3 Å². The molecule has 0 atom stereocenters. The summed E-state index contributed by atoms with van der Waals surface area (Å²) in [5.41, 5.74) is 0.683. The monoisotopic (exact) mass is 347 g/mol. The molecule has 0 aliphatic rings. The molecule has 0 aliphatic carbocycles. The van der Waals surface area contributed by atoms with Gasteiger partial charge in [-0.3, -0.25) is 4.79 Å². The Bertz CT molecular complexity index is 801. The Hall–Kier alpha value is -2.47.